The lowest BCUT2D eigenvalue weighted by molar-refractivity contribution is 0.414. The van der Waals surface area contributed by atoms with Crippen molar-refractivity contribution in [3.8, 4) is 5.75 Å². The first-order chi connectivity index (χ1) is 9.65. The summed E-state index contributed by atoms with van der Waals surface area (Å²) < 4.78 is 6.09. The van der Waals surface area contributed by atoms with Gasteiger partial charge in [0, 0.05) is 4.88 Å². The lowest BCUT2D eigenvalue weighted by Crippen LogP contribution is -2.22. The highest BCUT2D eigenvalue weighted by Gasteiger charge is 2.17. The minimum atomic E-state index is 0.192. The summed E-state index contributed by atoms with van der Waals surface area (Å²) in [5, 5.41) is 3.59. The van der Waals surface area contributed by atoms with Crippen LogP contribution in [0.2, 0.25) is 4.34 Å². The van der Waals surface area contributed by atoms with Gasteiger partial charge in [0.15, 0.2) is 0 Å². The van der Waals surface area contributed by atoms with Gasteiger partial charge in [-0.05, 0) is 49.2 Å². The van der Waals surface area contributed by atoms with Crippen LogP contribution in [0.4, 0.5) is 0 Å². The molecular weight excluding hydrogens is 290 g/mol. The average molecular weight is 310 g/mol. The van der Waals surface area contributed by atoms with Crippen molar-refractivity contribution in [3.05, 3.63) is 50.7 Å². The molecule has 1 unspecified atom stereocenters. The zero-order chi connectivity index (χ0) is 14.5. The molecule has 2 aromatic rings. The highest BCUT2D eigenvalue weighted by atomic mass is 35.5. The van der Waals surface area contributed by atoms with E-state index in [1.165, 1.54) is 10.4 Å². The summed E-state index contributed by atoms with van der Waals surface area (Å²) in [4.78, 5) is 1.26. The van der Waals surface area contributed by atoms with Gasteiger partial charge in [0.25, 0.3) is 0 Å². The molecule has 20 heavy (non-hydrogen) atoms. The fraction of sp³-hybridized carbons (Fsp3) is 0.375. The number of hydrogen-bond acceptors (Lipinski definition) is 3. The molecule has 0 saturated carbocycles. The Morgan fingerprint density at radius 3 is 2.50 bits per heavy atom. The third-order valence-corrected chi connectivity index (χ3v) is 4.83. The average Bonchev–Trinajstić information content (AvgIpc) is 2.79. The first kappa shape index (κ1) is 15.4. The van der Waals surface area contributed by atoms with Crippen molar-refractivity contribution in [2.45, 2.75) is 26.3 Å². The van der Waals surface area contributed by atoms with E-state index in [9.17, 15) is 0 Å². The van der Waals surface area contributed by atoms with E-state index in [2.05, 4.69) is 30.4 Å². The molecule has 4 heteroatoms. The maximum Gasteiger partial charge on any atom is 0.118 e. The van der Waals surface area contributed by atoms with E-state index in [-0.39, 0.29) is 6.04 Å². The van der Waals surface area contributed by atoms with Crippen LogP contribution in [0.1, 0.15) is 35.4 Å². The predicted octanol–water partition coefficient (Wildman–Crippen LogP) is 4.81. The van der Waals surface area contributed by atoms with Crippen LogP contribution < -0.4 is 10.1 Å². The van der Waals surface area contributed by atoms with Crippen molar-refractivity contribution in [1.82, 2.24) is 5.32 Å². The van der Waals surface area contributed by atoms with Gasteiger partial charge in [0.05, 0.1) is 17.5 Å². The second-order valence-corrected chi connectivity index (χ2v) is 6.45. The van der Waals surface area contributed by atoms with Crippen molar-refractivity contribution in [2.75, 3.05) is 13.7 Å². The first-order valence-corrected chi connectivity index (χ1v) is 7.98. The van der Waals surface area contributed by atoms with E-state index < -0.39 is 0 Å². The number of thiophene rings is 1. The molecule has 1 aromatic carbocycles. The fourth-order valence-electron chi connectivity index (χ4n) is 2.09. The third-order valence-electron chi connectivity index (χ3n) is 3.21. The molecule has 0 fully saturated rings. The van der Waals surface area contributed by atoms with Crippen molar-refractivity contribution in [2.24, 2.45) is 0 Å². The van der Waals surface area contributed by atoms with Crippen LogP contribution in [-0.4, -0.2) is 13.7 Å². The number of methoxy groups -OCH3 is 1. The molecule has 0 saturated heterocycles. The van der Waals surface area contributed by atoms with Gasteiger partial charge in [-0.25, -0.2) is 0 Å². The van der Waals surface area contributed by atoms with Gasteiger partial charge in [0.2, 0.25) is 0 Å². The van der Waals surface area contributed by atoms with E-state index in [1.807, 2.05) is 19.1 Å². The van der Waals surface area contributed by atoms with Crippen molar-refractivity contribution >= 4 is 22.9 Å². The Balaban J connectivity index is 2.30. The summed E-state index contributed by atoms with van der Waals surface area (Å²) in [6.45, 7) is 5.20. The SMILES string of the molecule is CCCNC(c1ccc(OC)cc1)c1cc(C)c(Cl)s1. The molecule has 0 radical (unpaired) electrons. The maximum atomic E-state index is 6.21. The molecule has 0 bridgehead atoms. The molecule has 2 rings (SSSR count). The van der Waals surface area contributed by atoms with Crippen LogP contribution in [0, 0.1) is 6.92 Å². The van der Waals surface area contributed by atoms with E-state index in [0.29, 0.717) is 0 Å². The standard InChI is InChI=1S/C16H20ClNOS/c1-4-9-18-15(14-10-11(2)16(17)20-14)12-5-7-13(19-3)8-6-12/h5-8,10,15,18H,4,9H2,1-3H3. The minimum Gasteiger partial charge on any atom is -0.497 e. The Kier molecular flexibility index (Phi) is 5.46. The van der Waals surface area contributed by atoms with Crippen LogP contribution in [0.3, 0.4) is 0 Å². The zero-order valence-electron chi connectivity index (χ0n) is 12.1. The number of hydrogen-bond donors (Lipinski definition) is 1. The minimum absolute atomic E-state index is 0.192. The largest absolute Gasteiger partial charge is 0.497 e. The third kappa shape index (κ3) is 3.54. The molecule has 2 nitrogen and oxygen atoms in total. The van der Waals surface area contributed by atoms with Crippen LogP contribution >= 0.6 is 22.9 Å². The highest BCUT2D eigenvalue weighted by Crippen LogP contribution is 2.34. The molecule has 108 valence electrons. The van der Waals surface area contributed by atoms with E-state index in [4.69, 9.17) is 16.3 Å². The summed E-state index contributed by atoms with van der Waals surface area (Å²) in [7, 11) is 1.68. The van der Waals surface area contributed by atoms with Crippen molar-refractivity contribution in [1.29, 1.82) is 0 Å². The zero-order valence-corrected chi connectivity index (χ0v) is 13.6. The predicted molar refractivity (Wildman–Crippen MR) is 87.2 cm³/mol. The number of halogens is 1. The summed E-state index contributed by atoms with van der Waals surface area (Å²) in [5.41, 5.74) is 2.38. The molecule has 1 heterocycles. The molecule has 0 spiro atoms. The van der Waals surface area contributed by atoms with E-state index in [1.54, 1.807) is 18.4 Å². The van der Waals surface area contributed by atoms with E-state index in [0.717, 1.165) is 28.6 Å². The number of ether oxygens (including phenoxy) is 1. The van der Waals surface area contributed by atoms with Gasteiger partial charge in [-0.15, -0.1) is 11.3 Å². The van der Waals surface area contributed by atoms with Gasteiger partial charge in [-0.1, -0.05) is 30.7 Å². The van der Waals surface area contributed by atoms with E-state index >= 15 is 0 Å². The van der Waals surface area contributed by atoms with Gasteiger partial charge < -0.3 is 10.1 Å². The Hall–Kier alpha value is -1.03. The summed E-state index contributed by atoms with van der Waals surface area (Å²) in [5.74, 6) is 0.878. The first-order valence-electron chi connectivity index (χ1n) is 6.79. The Morgan fingerprint density at radius 1 is 1.30 bits per heavy atom. The van der Waals surface area contributed by atoms with Crippen LogP contribution in [0.5, 0.6) is 5.75 Å². The van der Waals surface area contributed by atoms with Crippen LogP contribution in [-0.2, 0) is 0 Å². The normalized spacial score (nSPS) is 12.4. The van der Waals surface area contributed by atoms with Crippen molar-refractivity contribution < 1.29 is 4.74 Å². The van der Waals surface area contributed by atoms with Gasteiger partial charge in [-0.3, -0.25) is 0 Å². The van der Waals surface area contributed by atoms with Gasteiger partial charge in [-0.2, -0.15) is 0 Å². The number of nitrogens with one attached hydrogen (secondary N) is 1. The number of rotatable bonds is 6. The lowest BCUT2D eigenvalue weighted by atomic mass is 10.0. The molecular formula is C16H20ClNOS. The Bertz CT molecular complexity index is 531. The van der Waals surface area contributed by atoms with Crippen molar-refractivity contribution in [3.63, 3.8) is 0 Å². The Labute approximate surface area is 129 Å². The number of aryl methyl sites for hydroxylation is 1. The highest BCUT2D eigenvalue weighted by molar-refractivity contribution is 7.16. The molecule has 0 aliphatic heterocycles. The second-order valence-electron chi connectivity index (χ2n) is 4.77. The lowest BCUT2D eigenvalue weighted by Gasteiger charge is -2.18. The van der Waals surface area contributed by atoms with Crippen LogP contribution in [0.15, 0.2) is 30.3 Å². The van der Waals surface area contributed by atoms with Gasteiger partial charge >= 0.3 is 0 Å². The molecule has 0 amide bonds. The Morgan fingerprint density at radius 2 is 2.00 bits per heavy atom. The summed E-state index contributed by atoms with van der Waals surface area (Å²) >= 11 is 7.86. The van der Waals surface area contributed by atoms with Crippen LogP contribution in [0.25, 0.3) is 0 Å². The summed E-state index contributed by atoms with van der Waals surface area (Å²) in [6.07, 6.45) is 1.10. The molecule has 0 aliphatic carbocycles. The molecule has 1 N–H and O–H groups in total. The number of benzene rings is 1. The smallest absolute Gasteiger partial charge is 0.118 e. The second kappa shape index (κ2) is 7.11. The summed E-state index contributed by atoms with van der Waals surface area (Å²) in [6, 6.07) is 10.6. The fourth-order valence-corrected chi connectivity index (χ4v) is 3.42. The maximum absolute atomic E-state index is 6.21. The molecule has 1 atom stereocenters. The quantitative estimate of drug-likeness (QED) is 0.827. The molecule has 0 aliphatic rings. The monoisotopic (exact) mass is 309 g/mol. The van der Waals surface area contributed by atoms with Gasteiger partial charge in [0.1, 0.15) is 5.75 Å². The molecule has 1 aromatic heterocycles. The topological polar surface area (TPSA) is 21.3 Å².